The largest absolute Gasteiger partial charge is 0.351 e. The van der Waals surface area contributed by atoms with Gasteiger partial charge in [-0.15, -0.1) is 0 Å². The van der Waals surface area contributed by atoms with Crippen molar-refractivity contribution in [3.05, 3.63) is 53.9 Å². The van der Waals surface area contributed by atoms with Crippen LogP contribution in [-0.4, -0.2) is 16.0 Å². The van der Waals surface area contributed by atoms with Crippen LogP contribution in [0.5, 0.6) is 0 Å². The van der Waals surface area contributed by atoms with Crippen LogP contribution < -0.4 is 5.32 Å². The van der Waals surface area contributed by atoms with Crippen LogP contribution in [0.4, 0.5) is 5.95 Å². The summed E-state index contributed by atoms with van der Waals surface area (Å²) in [5.41, 5.74) is 1.84. The van der Waals surface area contributed by atoms with Crippen molar-refractivity contribution in [2.24, 2.45) is 5.92 Å². The van der Waals surface area contributed by atoms with Crippen molar-refractivity contribution in [1.82, 2.24) is 9.97 Å². The molecule has 3 heteroatoms. The molecule has 1 aromatic heterocycles. The minimum absolute atomic E-state index is 0.512. The summed E-state index contributed by atoms with van der Waals surface area (Å²) < 4.78 is 0. The van der Waals surface area contributed by atoms with Crippen molar-refractivity contribution >= 4 is 5.95 Å². The number of anilines is 1. The molecule has 22 heavy (non-hydrogen) atoms. The molecular formula is C19H21N3. The van der Waals surface area contributed by atoms with Crippen LogP contribution in [0.25, 0.3) is 0 Å². The van der Waals surface area contributed by atoms with Crippen LogP contribution in [0.3, 0.4) is 0 Å². The van der Waals surface area contributed by atoms with Crippen molar-refractivity contribution in [2.75, 3.05) is 5.32 Å². The number of aromatic nitrogens is 2. The Morgan fingerprint density at radius 2 is 1.55 bits per heavy atom. The third kappa shape index (κ3) is 4.08. The first kappa shape index (κ1) is 14.6. The van der Waals surface area contributed by atoms with Crippen LogP contribution in [-0.2, 0) is 0 Å². The van der Waals surface area contributed by atoms with E-state index in [2.05, 4.69) is 34.0 Å². The fraction of sp³-hybridized carbons (Fsp3) is 0.368. The van der Waals surface area contributed by atoms with E-state index in [1.165, 1.54) is 25.7 Å². The predicted molar refractivity (Wildman–Crippen MR) is 89.5 cm³/mol. The minimum atomic E-state index is 0.512. The molecule has 1 fully saturated rings. The Bertz CT molecular complexity index is 645. The fourth-order valence-electron chi connectivity index (χ4n) is 2.72. The molecule has 0 saturated heterocycles. The summed E-state index contributed by atoms with van der Waals surface area (Å²) in [5, 5.41) is 3.43. The highest BCUT2D eigenvalue weighted by Crippen LogP contribution is 2.25. The molecule has 1 N–H and O–H groups in total. The van der Waals surface area contributed by atoms with Gasteiger partial charge in [0.15, 0.2) is 0 Å². The summed E-state index contributed by atoms with van der Waals surface area (Å²) in [6, 6.07) is 10.5. The molecule has 0 bridgehead atoms. The summed E-state index contributed by atoms with van der Waals surface area (Å²) in [5.74, 6) is 7.78. The van der Waals surface area contributed by atoms with Gasteiger partial charge in [-0.2, -0.15) is 0 Å². The van der Waals surface area contributed by atoms with Gasteiger partial charge >= 0.3 is 0 Å². The fourth-order valence-corrected chi connectivity index (χ4v) is 2.72. The van der Waals surface area contributed by atoms with Gasteiger partial charge in [-0.3, -0.25) is 0 Å². The highest BCUT2D eigenvalue weighted by atomic mass is 15.1. The molecule has 0 amide bonds. The molecule has 1 aliphatic rings. The molecule has 0 unspecified atom stereocenters. The van der Waals surface area contributed by atoms with Gasteiger partial charge < -0.3 is 5.32 Å². The second-order valence-corrected chi connectivity index (χ2v) is 6.01. The summed E-state index contributed by atoms with van der Waals surface area (Å²) >= 11 is 0. The molecule has 3 rings (SSSR count). The quantitative estimate of drug-likeness (QED) is 0.854. The van der Waals surface area contributed by atoms with Crippen molar-refractivity contribution in [3.8, 4) is 11.8 Å². The Morgan fingerprint density at radius 3 is 2.23 bits per heavy atom. The number of hydrogen-bond acceptors (Lipinski definition) is 3. The summed E-state index contributed by atoms with van der Waals surface area (Å²) in [7, 11) is 0. The van der Waals surface area contributed by atoms with E-state index in [-0.39, 0.29) is 0 Å². The molecule has 1 aromatic carbocycles. The summed E-state index contributed by atoms with van der Waals surface area (Å²) in [6.45, 7) is 2.33. The summed E-state index contributed by atoms with van der Waals surface area (Å²) in [6.07, 6.45) is 8.57. The van der Waals surface area contributed by atoms with Crippen LogP contribution in [0, 0.1) is 17.8 Å². The van der Waals surface area contributed by atoms with Crippen LogP contribution >= 0.6 is 0 Å². The maximum Gasteiger partial charge on any atom is 0.222 e. The van der Waals surface area contributed by atoms with Crippen molar-refractivity contribution in [3.63, 3.8) is 0 Å². The number of nitrogens with one attached hydrogen (secondary N) is 1. The lowest BCUT2D eigenvalue weighted by Crippen LogP contribution is -2.26. The van der Waals surface area contributed by atoms with E-state index in [1.807, 2.05) is 30.3 Å². The van der Waals surface area contributed by atoms with E-state index < -0.39 is 0 Å². The Kier molecular flexibility index (Phi) is 4.70. The van der Waals surface area contributed by atoms with Gasteiger partial charge in [-0.1, -0.05) is 37.0 Å². The zero-order valence-corrected chi connectivity index (χ0v) is 12.9. The Balaban J connectivity index is 1.60. The molecule has 1 saturated carbocycles. The third-order valence-corrected chi connectivity index (χ3v) is 4.13. The number of benzene rings is 1. The van der Waals surface area contributed by atoms with Crippen LogP contribution in [0.15, 0.2) is 42.7 Å². The zero-order chi connectivity index (χ0) is 15.2. The van der Waals surface area contributed by atoms with E-state index in [4.69, 9.17) is 0 Å². The molecular weight excluding hydrogens is 270 g/mol. The van der Waals surface area contributed by atoms with Gasteiger partial charge in [-0.05, 0) is 43.7 Å². The molecule has 1 heterocycles. The average molecular weight is 291 g/mol. The molecule has 112 valence electrons. The lowest BCUT2D eigenvalue weighted by Gasteiger charge is -2.26. The van der Waals surface area contributed by atoms with E-state index in [9.17, 15) is 0 Å². The van der Waals surface area contributed by atoms with Gasteiger partial charge in [0, 0.05) is 24.0 Å². The monoisotopic (exact) mass is 291 g/mol. The average Bonchev–Trinajstić information content (AvgIpc) is 2.57. The number of nitrogens with zero attached hydrogens (tertiary/aromatic N) is 2. The topological polar surface area (TPSA) is 37.8 Å². The van der Waals surface area contributed by atoms with Crippen molar-refractivity contribution in [2.45, 2.75) is 38.6 Å². The second kappa shape index (κ2) is 7.09. The van der Waals surface area contributed by atoms with Gasteiger partial charge in [0.2, 0.25) is 5.95 Å². The van der Waals surface area contributed by atoms with E-state index in [0.29, 0.717) is 12.0 Å². The molecule has 0 radical (unpaired) electrons. The lowest BCUT2D eigenvalue weighted by molar-refractivity contribution is 0.360. The van der Waals surface area contributed by atoms with Crippen LogP contribution in [0.2, 0.25) is 0 Å². The first-order valence-electron chi connectivity index (χ1n) is 7.95. The smallest absolute Gasteiger partial charge is 0.222 e. The highest BCUT2D eigenvalue weighted by molar-refractivity contribution is 5.41. The normalized spacial score (nSPS) is 20.8. The predicted octanol–water partition coefficient (Wildman–Crippen LogP) is 3.87. The first-order valence-corrected chi connectivity index (χ1v) is 7.95. The van der Waals surface area contributed by atoms with Crippen LogP contribution in [0.1, 0.15) is 43.7 Å². The van der Waals surface area contributed by atoms with E-state index in [0.717, 1.165) is 17.0 Å². The van der Waals surface area contributed by atoms with Gasteiger partial charge in [0.1, 0.15) is 0 Å². The molecule has 3 nitrogen and oxygen atoms in total. The molecule has 2 aromatic rings. The maximum atomic E-state index is 4.38. The first-order chi connectivity index (χ1) is 10.8. The van der Waals surface area contributed by atoms with E-state index >= 15 is 0 Å². The molecule has 0 atom stereocenters. The van der Waals surface area contributed by atoms with Gasteiger partial charge in [-0.25, -0.2) is 9.97 Å². The number of hydrogen-bond donors (Lipinski definition) is 1. The zero-order valence-electron chi connectivity index (χ0n) is 12.9. The van der Waals surface area contributed by atoms with Gasteiger partial charge in [0.25, 0.3) is 0 Å². The maximum absolute atomic E-state index is 4.38. The lowest BCUT2D eigenvalue weighted by atomic mass is 9.87. The standard InChI is InChI=1S/C19H21N3/c1-15-7-11-18(12-8-15)22-19-20-13-17(14-21-19)10-9-16-5-3-2-4-6-16/h2-6,13-15,18H,7-8,11-12H2,1H3,(H,20,21,22). The Morgan fingerprint density at radius 1 is 0.909 bits per heavy atom. The Hall–Kier alpha value is -2.34. The SMILES string of the molecule is CC1CCC(Nc2ncc(C#Cc3ccccc3)cn2)CC1. The van der Waals surface area contributed by atoms with Crippen molar-refractivity contribution in [1.29, 1.82) is 0 Å². The molecule has 1 aliphatic carbocycles. The summed E-state index contributed by atoms with van der Waals surface area (Å²) in [4.78, 5) is 8.76. The molecule has 0 aliphatic heterocycles. The van der Waals surface area contributed by atoms with E-state index in [1.54, 1.807) is 12.4 Å². The third-order valence-electron chi connectivity index (χ3n) is 4.13. The minimum Gasteiger partial charge on any atom is -0.351 e. The van der Waals surface area contributed by atoms with Gasteiger partial charge in [0.05, 0.1) is 5.56 Å². The molecule has 0 spiro atoms. The second-order valence-electron chi connectivity index (χ2n) is 6.01. The number of rotatable bonds is 2. The Labute approximate surface area is 132 Å². The van der Waals surface area contributed by atoms with Crippen molar-refractivity contribution < 1.29 is 0 Å². The highest BCUT2D eigenvalue weighted by Gasteiger charge is 2.18.